The maximum atomic E-state index is 14.3. The lowest BCUT2D eigenvalue weighted by molar-refractivity contribution is -0.145. The maximum Gasteiger partial charge on any atom is 0.306 e. The van der Waals surface area contributed by atoms with Crippen molar-refractivity contribution in [1.82, 2.24) is 35.3 Å². The smallest absolute Gasteiger partial charge is 0.306 e. The molecule has 0 radical (unpaired) electrons. The molecule has 6 atom stereocenters. The summed E-state index contributed by atoms with van der Waals surface area (Å²) in [6.45, 7) is 16.9. The zero-order chi connectivity index (χ0) is 48.8. The molecule has 3 aromatic heterocycles. The molecule has 8 rings (SSSR count). The van der Waals surface area contributed by atoms with Gasteiger partial charge in [-0.1, -0.05) is 81.4 Å². The van der Waals surface area contributed by atoms with Crippen molar-refractivity contribution in [3.05, 3.63) is 123 Å². The van der Waals surface area contributed by atoms with Crippen LogP contribution < -0.4 is 15.4 Å². The summed E-state index contributed by atoms with van der Waals surface area (Å²) >= 11 is 3.18. The first-order valence-electron chi connectivity index (χ1n) is 22.6. The van der Waals surface area contributed by atoms with Crippen LogP contribution in [-0.2, 0) is 19.2 Å². The Morgan fingerprint density at radius 2 is 1.50 bits per heavy atom. The van der Waals surface area contributed by atoms with Gasteiger partial charge >= 0.3 is 5.97 Å². The lowest BCUT2D eigenvalue weighted by Gasteiger charge is -2.36. The van der Waals surface area contributed by atoms with E-state index in [1.807, 2.05) is 112 Å². The number of likely N-dealkylation sites (tertiary alicyclic amines) is 1. The number of aryl methyl sites for hydroxylation is 3. The lowest BCUT2D eigenvalue weighted by Crippen LogP contribution is -2.59. The third-order valence-electron chi connectivity index (χ3n) is 12.7. The first kappa shape index (κ1) is 47.9. The standard InChI is InChI=1S/C51H56N8O7S2/c1-26-30(5)68-50-42(26)43(54-39(23-41(61)62)46-57-56-31(6)59(46)50)35-14-12-33(13-15-35)34-18-20-38(21-19-34)66-29(4)47(63)55-45(51(7,8)9)49(65)58-24-37(60)22-40(58)48(64)53-27(2)32-10-16-36(17-11-32)44-28(3)52-25-67-44/h10-21,25,27,29,37,39-40,45,60H,22-24H2,1-9H3,(H,53,64)(H,55,63)(H,61,62)/t27?,29?,37-,39+,40+,45?/m1/s1. The van der Waals surface area contributed by atoms with E-state index in [2.05, 4.69) is 39.7 Å². The average Bonchev–Trinajstić information content (AvgIpc) is 4.07. The van der Waals surface area contributed by atoms with Crippen molar-refractivity contribution in [1.29, 1.82) is 0 Å². The van der Waals surface area contributed by atoms with E-state index in [4.69, 9.17) is 9.73 Å². The Bertz CT molecular complexity index is 2900. The van der Waals surface area contributed by atoms with Crippen molar-refractivity contribution in [3.63, 3.8) is 0 Å². The number of fused-ring (bicyclic) bond motifs is 3. The molecule has 1 fully saturated rings. The lowest BCUT2D eigenvalue weighted by atomic mass is 9.85. The second kappa shape index (κ2) is 19.2. The van der Waals surface area contributed by atoms with Crippen molar-refractivity contribution >= 4 is 52.1 Å². The number of aliphatic hydroxyl groups excluding tert-OH is 1. The van der Waals surface area contributed by atoms with Gasteiger partial charge in [0.15, 0.2) is 11.9 Å². The fourth-order valence-electron chi connectivity index (χ4n) is 8.77. The molecule has 0 saturated carbocycles. The van der Waals surface area contributed by atoms with Gasteiger partial charge in [-0.25, -0.2) is 4.98 Å². The van der Waals surface area contributed by atoms with Gasteiger partial charge in [-0.15, -0.1) is 32.9 Å². The fraction of sp³-hybridized carbons (Fsp3) is 0.373. The first-order valence-corrected chi connectivity index (χ1v) is 24.3. The molecule has 68 heavy (non-hydrogen) atoms. The molecule has 354 valence electrons. The molecule has 3 amide bonds. The summed E-state index contributed by atoms with van der Waals surface area (Å²) in [5.41, 5.74) is 9.30. The van der Waals surface area contributed by atoms with Crippen LogP contribution in [0.25, 0.3) is 26.6 Å². The largest absolute Gasteiger partial charge is 0.481 e. The van der Waals surface area contributed by atoms with E-state index in [1.54, 1.807) is 41.7 Å². The van der Waals surface area contributed by atoms with Crippen molar-refractivity contribution < 1.29 is 34.1 Å². The van der Waals surface area contributed by atoms with Gasteiger partial charge in [0, 0.05) is 29.0 Å². The zero-order valence-corrected chi connectivity index (χ0v) is 41.2. The number of hydrogen-bond acceptors (Lipinski definition) is 12. The van der Waals surface area contributed by atoms with E-state index >= 15 is 0 Å². The summed E-state index contributed by atoms with van der Waals surface area (Å²) in [6.07, 6.45) is -2.04. The number of nitrogens with one attached hydrogen (secondary N) is 2. The normalized spacial score (nSPS) is 18.1. The number of amides is 3. The van der Waals surface area contributed by atoms with Gasteiger partial charge in [-0.05, 0) is 86.9 Å². The van der Waals surface area contributed by atoms with Crippen LogP contribution in [0.3, 0.4) is 0 Å². The zero-order valence-electron chi connectivity index (χ0n) is 39.5. The van der Waals surface area contributed by atoms with Gasteiger partial charge in [0.05, 0.1) is 40.4 Å². The number of hydrogen-bond donors (Lipinski definition) is 4. The Balaban J connectivity index is 0.918. The van der Waals surface area contributed by atoms with Crippen LogP contribution in [-0.4, -0.2) is 95.1 Å². The Morgan fingerprint density at radius 1 is 0.868 bits per heavy atom. The van der Waals surface area contributed by atoms with Gasteiger partial charge in [0.1, 0.15) is 34.7 Å². The highest BCUT2D eigenvalue weighted by atomic mass is 32.1. The Morgan fingerprint density at radius 3 is 2.12 bits per heavy atom. The predicted molar refractivity (Wildman–Crippen MR) is 262 cm³/mol. The minimum Gasteiger partial charge on any atom is -0.481 e. The molecule has 6 aromatic rings. The third kappa shape index (κ3) is 9.73. The Labute approximate surface area is 403 Å². The molecule has 0 bridgehead atoms. The molecule has 4 N–H and O–H groups in total. The number of thiazole rings is 1. The topological polar surface area (TPSA) is 201 Å². The number of β-amino-alcohol motifs (C(OH)–C–C–N with tert-alkyl or cyclic N) is 1. The van der Waals surface area contributed by atoms with Crippen molar-refractivity contribution in [2.45, 2.75) is 112 Å². The number of aromatic nitrogens is 4. The molecule has 2 aliphatic heterocycles. The quantitative estimate of drug-likeness (QED) is 0.0883. The van der Waals surface area contributed by atoms with E-state index in [-0.39, 0.29) is 31.3 Å². The van der Waals surface area contributed by atoms with Crippen LogP contribution in [0, 0.1) is 33.1 Å². The minimum absolute atomic E-state index is 0.0426. The summed E-state index contributed by atoms with van der Waals surface area (Å²) < 4.78 is 8.03. The molecule has 0 spiro atoms. The number of aliphatic carboxylic acids is 1. The summed E-state index contributed by atoms with van der Waals surface area (Å²) in [5, 5.41) is 36.0. The summed E-state index contributed by atoms with van der Waals surface area (Å²) in [7, 11) is 0. The molecule has 1 saturated heterocycles. The number of aliphatic imine (C=N–C) groups is 1. The van der Waals surface area contributed by atoms with Crippen LogP contribution >= 0.6 is 22.7 Å². The third-order valence-corrected chi connectivity index (χ3v) is 14.8. The van der Waals surface area contributed by atoms with Crippen LogP contribution in [0.4, 0.5) is 0 Å². The molecule has 3 unspecified atom stereocenters. The molecular weight excluding hydrogens is 901 g/mol. The Kier molecular flexibility index (Phi) is 13.5. The molecule has 5 heterocycles. The van der Waals surface area contributed by atoms with Crippen molar-refractivity contribution in [2.75, 3.05) is 6.54 Å². The van der Waals surface area contributed by atoms with E-state index in [0.29, 0.717) is 23.1 Å². The van der Waals surface area contributed by atoms with E-state index in [0.717, 1.165) is 59.4 Å². The summed E-state index contributed by atoms with van der Waals surface area (Å²) in [5.74, 6) is -0.723. The van der Waals surface area contributed by atoms with Gasteiger partial charge in [0.2, 0.25) is 11.8 Å². The molecule has 0 aliphatic carbocycles. The van der Waals surface area contributed by atoms with Gasteiger partial charge in [-0.3, -0.25) is 28.7 Å². The second-order valence-electron chi connectivity index (χ2n) is 18.7. The molecule has 15 nitrogen and oxygen atoms in total. The maximum absolute atomic E-state index is 14.3. The number of thiophene rings is 1. The van der Waals surface area contributed by atoms with Gasteiger partial charge < -0.3 is 30.5 Å². The number of ether oxygens (including phenoxy) is 1. The highest BCUT2D eigenvalue weighted by Gasteiger charge is 2.45. The average molecular weight is 957 g/mol. The van der Waals surface area contributed by atoms with Crippen LogP contribution in [0.1, 0.15) is 104 Å². The molecule has 2 aliphatic rings. The SMILES string of the molecule is Cc1ncsc1-c1ccc(C(C)NC(=O)[C@@H]2C[C@@H](O)CN2C(=O)C(NC(=O)C(C)Oc2ccc(-c3ccc(C4=N[C@@H](CC(=O)O)c5nnc(C)n5-c5sc(C)c(C)c54)cc3)cc2)C(C)(C)C)cc1. The van der Waals surface area contributed by atoms with E-state index in [9.17, 15) is 29.4 Å². The number of benzene rings is 3. The second-order valence-corrected chi connectivity index (χ2v) is 20.7. The minimum atomic E-state index is -1.03. The highest BCUT2D eigenvalue weighted by Crippen LogP contribution is 2.40. The number of carbonyl (C=O) groups is 4. The number of carboxylic acids is 1. The fourth-order valence-corrected chi connectivity index (χ4v) is 10.8. The molecule has 3 aromatic carbocycles. The van der Waals surface area contributed by atoms with Crippen LogP contribution in [0.2, 0.25) is 0 Å². The van der Waals surface area contributed by atoms with E-state index < -0.39 is 53.5 Å². The van der Waals surface area contributed by atoms with Gasteiger partial charge in [0.25, 0.3) is 5.91 Å². The number of carbonyl (C=O) groups excluding carboxylic acids is 3. The molecule has 17 heteroatoms. The summed E-state index contributed by atoms with van der Waals surface area (Å²) in [4.78, 5) is 66.8. The van der Waals surface area contributed by atoms with Crippen LogP contribution in [0.15, 0.2) is 83.3 Å². The van der Waals surface area contributed by atoms with Crippen LogP contribution in [0.5, 0.6) is 5.75 Å². The first-order chi connectivity index (χ1) is 32.3. The monoisotopic (exact) mass is 956 g/mol. The van der Waals surface area contributed by atoms with Crippen molar-refractivity contribution in [3.8, 4) is 32.3 Å². The van der Waals surface area contributed by atoms with Gasteiger partial charge in [-0.2, -0.15) is 0 Å². The Hall–Kier alpha value is -6.56. The number of nitrogens with zero attached hydrogens (tertiary/aromatic N) is 6. The number of aliphatic hydroxyl groups is 1. The predicted octanol–water partition coefficient (Wildman–Crippen LogP) is 7.86. The number of rotatable bonds is 13. The number of carboxylic acid groups (broad SMARTS) is 1. The summed E-state index contributed by atoms with van der Waals surface area (Å²) in [6, 6.07) is 20.1. The van der Waals surface area contributed by atoms with Crippen molar-refractivity contribution in [2.24, 2.45) is 10.4 Å². The van der Waals surface area contributed by atoms with E-state index in [1.165, 1.54) is 4.90 Å². The highest BCUT2D eigenvalue weighted by molar-refractivity contribution is 7.15. The molecular formula is C51H56N8O7S2.